The number of anilines is 1. The van der Waals surface area contributed by atoms with Crippen molar-refractivity contribution in [3.05, 3.63) is 29.6 Å². The Labute approximate surface area is 116 Å². The fraction of sp³-hybridized carbons (Fsp3) is 0.385. The quantitative estimate of drug-likeness (QED) is 0.674. The van der Waals surface area contributed by atoms with Crippen LogP contribution in [-0.4, -0.2) is 30.7 Å². The maximum Gasteiger partial charge on any atom is 0.328 e. The van der Waals surface area contributed by atoms with Crippen LogP contribution in [-0.2, 0) is 9.53 Å². The summed E-state index contributed by atoms with van der Waals surface area (Å²) in [4.78, 5) is 13.5. The summed E-state index contributed by atoms with van der Waals surface area (Å²) < 4.78 is 18.6. The molecule has 1 aliphatic rings. The summed E-state index contributed by atoms with van der Waals surface area (Å²) in [5, 5.41) is 0. The van der Waals surface area contributed by atoms with E-state index in [1.165, 1.54) is 13.2 Å². The molecule has 2 rings (SSSR count). The smallest absolute Gasteiger partial charge is 0.328 e. The Kier molecular flexibility index (Phi) is 3.99. The average Bonchev–Trinajstić information content (AvgIpc) is 2.86. The highest BCUT2D eigenvalue weighted by molar-refractivity contribution is 7.80. The molecule has 1 aromatic rings. The summed E-state index contributed by atoms with van der Waals surface area (Å²) in [6, 6.07) is 4.27. The van der Waals surface area contributed by atoms with E-state index in [-0.39, 0.29) is 22.6 Å². The zero-order chi connectivity index (χ0) is 14.0. The van der Waals surface area contributed by atoms with Crippen molar-refractivity contribution >= 4 is 28.9 Å². The van der Waals surface area contributed by atoms with Gasteiger partial charge in [0.15, 0.2) is 0 Å². The molecule has 0 spiro atoms. The van der Waals surface area contributed by atoms with Gasteiger partial charge >= 0.3 is 5.97 Å². The molecule has 1 saturated heterocycles. The number of hydrogen-bond donors (Lipinski definition) is 1. The fourth-order valence-corrected chi connectivity index (χ4v) is 2.50. The highest BCUT2D eigenvalue weighted by atomic mass is 32.1. The Morgan fingerprint density at radius 3 is 2.89 bits per heavy atom. The van der Waals surface area contributed by atoms with Crippen molar-refractivity contribution in [2.45, 2.75) is 18.9 Å². The van der Waals surface area contributed by atoms with E-state index in [2.05, 4.69) is 0 Å². The van der Waals surface area contributed by atoms with E-state index in [1.54, 1.807) is 12.1 Å². The molecule has 102 valence electrons. The van der Waals surface area contributed by atoms with Crippen LogP contribution in [0.4, 0.5) is 10.1 Å². The molecule has 1 unspecified atom stereocenters. The third-order valence-electron chi connectivity index (χ3n) is 3.28. The molecule has 0 amide bonds. The van der Waals surface area contributed by atoms with Gasteiger partial charge in [-0.3, -0.25) is 0 Å². The third-order valence-corrected chi connectivity index (χ3v) is 3.50. The predicted octanol–water partition coefficient (Wildman–Crippen LogP) is 1.60. The number of nitrogens with two attached hydrogens (primary N) is 1. The van der Waals surface area contributed by atoms with Crippen LogP contribution in [0.15, 0.2) is 18.2 Å². The molecule has 2 N–H and O–H groups in total. The van der Waals surface area contributed by atoms with Crippen molar-refractivity contribution in [2.24, 2.45) is 5.73 Å². The minimum atomic E-state index is -0.472. The third kappa shape index (κ3) is 2.68. The van der Waals surface area contributed by atoms with Gasteiger partial charge in [0.1, 0.15) is 16.8 Å². The van der Waals surface area contributed by atoms with Gasteiger partial charge in [0, 0.05) is 17.8 Å². The SMILES string of the molecule is COC(=O)C1CCCN1c1ccc(C(N)=S)c(F)c1. The molecule has 6 heteroatoms. The molecule has 1 heterocycles. The number of benzene rings is 1. The summed E-state index contributed by atoms with van der Waals surface area (Å²) in [6.07, 6.45) is 1.59. The monoisotopic (exact) mass is 282 g/mol. The number of carbonyl (C=O) groups is 1. The molecular formula is C13H15FN2O2S. The van der Waals surface area contributed by atoms with Gasteiger partial charge < -0.3 is 15.4 Å². The van der Waals surface area contributed by atoms with Gasteiger partial charge in [0.25, 0.3) is 0 Å². The highest BCUT2D eigenvalue weighted by Crippen LogP contribution is 2.27. The second-order valence-corrected chi connectivity index (χ2v) is 4.84. The maximum atomic E-state index is 13.9. The molecule has 1 atom stereocenters. The fourth-order valence-electron chi connectivity index (χ4n) is 2.34. The first-order valence-corrected chi connectivity index (χ1v) is 6.39. The molecule has 4 nitrogen and oxygen atoms in total. The summed E-state index contributed by atoms with van der Waals surface area (Å²) in [7, 11) is 1.36. The lowest BCUT2D eigenvalue weighted by molar-refractivity contribution is -0.141. The van der Waals surface area contributed by atoms with Crippen molar-refractivity contribution in [3.8, 4) is 0 Å². The summed E-state index contributed by atoms with van der Waals surface area (Å²) in [5.41, 5.74) is 6.28. The predicted molar refractivity (Wildman–Crippen MR) is 74.7 cm³/mol. The van der Waals surface area contributed by atoms with Crippen molar-refractivity contribution in [1.82, 2.24) is 0 Å². The van der Waals surface area contributed by atoms with Gasteiger partial charge in [0.2, 0.25) is 0 Å². The van der Waals surface area contributed by atoms with E-state index in [0.29, 0.717) is 18.7 Å². The van der Waals surface area contributed by atoms with Crippen LogP contribution < -0.4 is 10.6 Å². The van der Waals surface area contributed by atoms with Gasteiger partial charge in [-0.15, -0.1) is 0 Å². The van der Waals surface area contributed by atoms with E-state index in [0.717, 1.165) is 6.42 Å². The maximum absolute atomic E-state index is 13.9. The van der Waals surface area contributed by atoms with Crippen LogP contribution in [0, 0.1) is 5.82 Å². The van der Waals surface area contributed by atoms with Gasteiger partial charge in [-0.25, -0.2) is 9.18 Å². The molecule has 0 saturated carbocycles. The Morgan fingerprint density at radius 1 is 1.58 bits per heavy atom. The number of esters is 1. The van der Waals surface area contributed by atoms with Gasteiger partial charge in [-0.05, 0) is 31.0 Å². The number of methoxy groups -OCH3 is 1. The topological polar surface area (TPSA) is 55.6 Å². The van der Waals surface area contributed by atoms with Crippen LogP contribution in [0.5, 0.6) is 0 Å². The second-order valence-electron chi connectivity index (χ2n) is 4.40. The standard InChI is InChI=1S/C13H15FN2O2S/c1-18-13(17)11-3-2-6-16(11)8-4-5-9(12(15)19)10(14)7-8/h4-5,7,11H,2-3,6H2,1H3,(H2,15,19). The largest absolute Gasteiger partial charge is 0.467 e. The number of ether oxygens (including phenoxy) is 1. The Hall–Kier alpha value is -1.69. The molecule has 0 bridgehead atoms. The van der Waals surface area contributed by atoms with Crippen LogP contribution in [0.25, 0.3) is 0 Å². The molecule has 19 heavy (non-hydrogen) atoms. The van der Waals surface area contributed by atoms with Crippen LogP contribution in [0.3, 0.4) is 0 Å². The molecule has 0 aliphatic carbocycles. The zero-order valence-corrected chi connectivity index (χ0v) is 11.4. The summed E-state index contributed by atoms with van der Waals surface area (Å²) in [6.45, 7) is 0.700. The number of thiocarbonyl (C=S) groups is 1. The van der Waals surface area contributed by atoms with Crippen LogP contribution >= 0.6 is 12.2 Å². The second kappa shape index (κ2) is 5.52. The number of nitrogens with zero attached hydrogens (tertiary/aromatic N) is 1. The van der Waals surface area contributed by atoms with Gasteiger partial charge in [-0.2, -0.15) is 0 Å². The van der Waals surface area contributed by atoms with Crippen molar-refractivity contribution in [2.75, 3.05) is 18.6 Å². The molecule has 0 aromatic heterocycles. The lowest BCUT2D eigenvalue weighted by Crippen LogP contribution is -2.37. The number of halogens is 1. The summed E-state index contributed by atoms with van der Waals surface area (Å²) in [5.74, 6) is -0.767. The number of carbonyl (C=O) groups excluding carboxylic acids is 1. The first-order chi connectivity index (χ1) is 9.04. The van der Waals surface area contributed by atoms with E-state index in [1.807, 2.05) is 4.90 Å². The summed E-state index contributed by atoms with van der Waals surface area (Å²) >= 11 is 4.76. The molecule has 1 aliphatic heterocycles. The van der Waals surface area contributed by atoms with E-state index in [4.69, 9.17) is 22.7 Å². The molecular weight excluding hydrogens is 267 g/mol. The van der Waals surface area contributed by atoms with Gasteiger partial charge in [-0.1, -0.05) is 12.2 Å². The molecule has 1 fully saturated rings. The first kappa shape index (κ1) is 13.7. The van der Waals surface area contributed by atoms with Crippen LogP contribution in [0.2, 0.25) is 0 Å². The highest BCUT2D eigenvalue weighted by Gasteiger charge is 2.31. The minimum Gasteiger partial charge on any atom is -0.467 e. The van der Waals surface area contributed by atoms with E-state index >= 15 is 0 Å². The van der Waals surface area contributed by atoms with Gasteiger partial charge in [0.05, 0.1) is 7.11 Å². The number of rotatable bonds is 3. The van der Waals surface area contributed by atoms with E-state index in [9.17, 15) is 9.18 Å². The lowest BCUT2D eigenvalue weighted by atomic mass is 10.1. The minimum absolute atomic E-state index is 0.0231. The first-order valence-electron chi connectivity index (χ1n) is 5.98. The average molecular weight is 282 g/mol. The Balaban J connectivity index is 2.29. The molecule has 0 radical (unpaired) electrons. The zero-order valence-electron chi connectivity index (χ0n) is 10.6. The van der Waals surface area contributed by atoms with Crippen molar-refractivity contribution in [3.63, 3.8) is 0 Å². The lowest BCUT2D eigenvalue weighted by Gasteiger charge is -2.25. The Bertz CT molecular complexity index is 521. The molecule has 1 aromatic carbocycles. The van der Waals surface area contributed by atoms with Crippen molar-refractivity contribution < 1.29 is 13.9 Å². The number of hydrogen-bond acceptors (Lipinski definition) is 4. The van der Waals surface area contributed by atoms with Crippen molar-refractivity contribution in [1.29, 1.82) is 0 Å². The van der Waals surface area contributed by atoms with Crippen LogP contribution in [0.1, 0.15) is 18.4 Å². The Morgan fingerprint density at radius 2 is 2.32 bits per heavy atom. The normalized spacial score (nSPS) is 18.4. The van der Waals surface area contributed by atoms with E-state index < -0.39 is 5.82 Å².